The van der Waals surface area contributed by atoms with Gasteiger partial charge in [0.05, 0.1) is 22.1 Å². The van der Waals surface area contributed by atoms with Gasteiger partial charge in [0.1, 0.15) is 0 Å². The quantitative estimate of drug-likeness (QED) is 0.106. The average molecular weight is 929 g/mol. The lowest BCUT2D eigenvalue weighted by atomic mass is 9.63. The van der Waals surface area contributed by atoms with Gasteiger partial charge in [0.25, 0.3) is 0 Å². The zero-order valence-electron chi connectivity index (χ0n) is 40.9. The Hall–Kier alpha value is -7.98. The lowest BCUT2D eigenvalue weighted by molar-refractivity contribution is 0.332. The molecule has 0 N–H and O–H groups in total. The molecule has 0 unspecified atom stereocenters. The highest BCUT2D eigenvalue weighted by Crippen LogP contribution is 2.46. The molecular weight excluding hydrogens is 873 g/mol. The van der Waals surface area contributed by atoms with Crippen molar-refractivity contribution in [2.75, 3.05) is 0 Å². The summed E-state index contributed by atoms with van der Waals surface area (Å²) in [6.07, 6.45) is 2.38. The second-order valence-corrected chi connectivity index (χ2v) is 25.0. The first-order valence-corrected chi connectivity index (χ1v) is 27.3. The van der Waals surface area contributed by atoms with E-state index in [1.165, 1.54) is 111 Å². The van der Waals surface area contributed by atoms with Crippen LogP contribution in [0, 0.1) is 0 Å². The zero-order valence-corrected chi connectivity index (χ0v) is 41.9. The average Bonchev–Trinajstić information content (AvgIpc) is 3.93. The van der Waals surface area contributed by atoms with Crippen LogP contribution >= 0.6 is 0 Å². The fourth-order valence-electron chi connectivity index (χ4n) is 12.4. The van der Waals surface area contributed by atoms with Crippen molar-refractivity contribution in [2.24, 2.45) is 0 Å². The van der Waals surface area contributed by atoms with Gasteiger partial charge in [-0.1, -0.05) is 222 Å². The molecule has 3 heteroatoms. The zero-order chi connectivity index (χ0) is 47.9. The Morgan fingerprint density at radius 1 is 0.296 bits per heavy atom. The van der Waals surface area contributed by atoms with E-state index in [4.69, 9.17) is 0 Å². The molecule has 1 aliphatic carbocycles. The van der Waals surface area contributed by atoms with Crippen molar-refractivity contribution < 1.29 is 0 Å². The van der Waals surface area contributed by atoms with Gasteiger partial charge in [0.15, 0.2) is 8.07 Å². The summed E-state index contributed by atoms with van der Waals surface area (Å²) >= 11 is 0. The van der Waals surface area contributed by atoms with Gasteiger partial charge in [-0.3, -0.25) is 0 Å². The second kappa shape index (κ2) is 16.6. The van der Waals surface area contributed by atoms with Gasteiger partial charge in [0.2, 0.25) is 0 Å². The van der Waals surface area contributed by atoms with E-state index in [9.17, 15) is 0 Å². The number of fused-ring (bicyclic) bond motifs is 7. The SMILES string of the molecule is CC1(C)CCC(C)(C)c2cc([Si](c3ccccc3)(c3ccccc3)c3ccc(-c4ccc5c6ccccc6n(-c6ccc7c(c6)c6ccccc6n7-c6cccc(-c7ccccc7)c6)c5c4)cc3)ccc21. The monoisotopic (exact) mass is 928 g/mol. The van der Waals surface area contributed by atoms with Gasteiger partial charge >= 0.3 is 0 Å². The van der Waals surface area contributed by atoms with Crippen molar-refractivity contribution >= 4 is 72.4 Å². The van der Waals surface area contributed by atoms with E-state index in [0.717, 1.165) is 11.4 Å². The van der Waals surface area contributed by atoms with E-state index in [2.05, 4.69) is 279 Å². The van der Waals surface area contributed by atoms with Crippen molar-refractivity contribution in [3.05, 3.63) is 254 Å². The first kappa shape index (κ1) is 43.1. The van der Waals surface area contributed by atoms with Crippen LogP contribution in [-0.2, 0) is 10.8 Å². The molecule has 1 aliphatic rings. The van der Waals surface area contributed by atoms with Crippen molar-refractivity contribution in [3.63, 3.8) is 0 Å². The van der Waals surface area contributed by atoms with Crippen LogP contribution in [0.25, 0.3) is 77.2 Å². The Bertz CT molecular complexity index is 3930. The number of benzene rings is 10. The molecule has 2 aromatic heterocycles. The van der Waals surface area contributed by atoms with Gasteiger partial charge in [-0.25, -0.2) is 0 Å². The number of rotatable bonds is 8. The predicted octanol–water partition coefficient (Wildman–Crippen LogP) is 14.9. The van der Waals surface area contributed by atoms with Crippen LogP contribution in [0.15, 0.2) is 243 Å². The molecule has 10 aromatic carbocycles. The molecule has 0 saturated carbocycles. The molecule has 0 fully saturated rings. The third kappa shape index (κ3) is 6.89. The van der Waals surface area contributed by atoms with Crippen LogP contribution < -0.4 is 20.7 Å². The van der Waals surface area contributed by atoms with Gasteiger partial charge in [0, 0.05) is 32.9 Å². The number of aromatic nitrogens is 2. The molecule has 0 atom stereocenters. The fraction of sp³-hybridized carbons (Fsp3) is 0.118. The van der Waals surface area contributed by atoms with Crippen LogP contribution in [-0.4, -0.2) is 17.2 Å². The minimum atomic E-state index is -2.80. The van der Waals surface area contributed by atoms with Crippen LogP contribution in [0.1, 0.15) is 51.7 Å². The maximum Gasteiger partial charge on any atom is 0.179 e. The van der Waals surface area contributed by atoms with Gasteiger partial charge in [-0.05, 0) is 126 Å². The molecule has 71 heavy (non-hydrogen) atoms. The second-order valence-electron chi connectivity index (χ2n) is 21.1. The summed E-state index contributed by atoms with van der Waals surface area (Å²) in [4.78, 5) is 0. The molecule has 0 saturated heterocycles. The topological polar surface area (TPSA) is 9.86 Å². The molecular formula is C68H56N2Si. The Labute approximate surface area is 418 Å². The summed E-state index contributed by atoms with van der Waals surface area (Å²) in [5.41, 5.74) is 15.2. The number of hydrogen-bond donors (Lipinski definition) is 0. The summed E-state index contributed by atoms with van der Waals surface area (Å²) in [5, 5.41) is 10.6. The molecule has 0 aliphatic heterocycles. The lowest BCUT2D eigenvalue weighted by Gasteiger charge is -2.43. The van der Waals surface area contributed by atoms with E-state index in [1.807, 2.05) is 0 Å². The highest BCUT2D eigenvalue weighted by molar-refractivity contribution is 7.19. The Kier molecular flexibility index (Phi) is 10.1. The Morgan fingerprint density at radius 2 is 0.761 bits per heavy atom. The normalized spacial score (nSPS) is 14.3. The van der Waals surface area contributed by atoms with Crippen LogP contribution in [0.2, 0.25) is 0 Å². The van der Waals surface area contributed by atoms with Crippen molar-refractivity contribution in [3.8, 4) is 33.6 Å². The summed E-state index contributed by atoms with van der Waals surface area (Å²) in [6.45, 7) is 9.77. The van der Waals surface area contributed by atoms with E-state index < -0.39 is 8.07 Å². The van der Waals surface area contributed by atoms with Crippen LogP contribution in [0.3, 0.4) is 0 Å². The van der Waals surface area contributed by atoms with Crippen LogP contribution in [0.4, 0.5) is 0 Å². The molecule has 0 radical (unpaired) electrons. The number of para-hydroxylation sites is 2. The standard InChI is InChI=1S/C68H56N2Si/c1-67(2)41-42-68(3,4)62-46-56(37-39-61(62)67)71(53-23-10-6-11-24-53,54-25-12-7-13-26-54)55-35-31-48(32-36-55)50-33-38-59-57-27-14-16-29-63(57)70(66(59)44-50)52-34-40-65-60(45-52)58-28-15-17-30-64(58)69(65)51-22-18-21-49(43-51)47-19-8-5-9-20-47/h5-40,43-46H,41-42H2,1-4H3. The maximum atomic E-state index is 2.63. The van der Waals surface area contributed by atoms with Gasteiger partial charge in [-0.2, -0.15) is 0 Å². The smallest absolute Gasteiger partial charge is 0.179 e. The minimum absolute atomic E-state index is 0.0966. The van der Waals surface area contributed by atoms with E-state index in [0.29, 0.717) is 0 Å². The van der Waals surface area contributed by atoms with Crippen molar-refractivity contribution in [2.45, 2.75) is 51.4 Å². The Balaban J connectivity index is 0.959. The van der Waals surface area contributed by atoms with E-state index in [-0.39, 0.29) is 10.8 Å². The van der Waals surface area contributed by atoms with E-state index in [1.54, 1.807) is 0 Å². The van der Waals surface area contributed by atoms with Crippen LogP contribution in [0.5, 0.6) is 0 Å². The molecule has 12 aromatic rings. The predicted molar refractivity (Wildman–Crippen MR) is 305 cm³/mol. The summed E-state index contributed by atoms with van der Waals surface area (Å²) in [5.74, 6) is 0. The summed E-state index contributed by atoms with van der Waals surface area (Å²) in [6, 6.07) is 91.5. The Morgan fingerprint density at radius 3 is 1.44 bits per heavy atom. The molecule has 2 heterocycles. The molecule has 0 spiro atoms. The molecule has 342 valence electrons. The first-order valence-electron chi connectivity index (χ1n) is 25.3. The van der Waals surface area contributed by atoms with Gasteiger partial charge in [-0.15, -0.1) is 0 Å². The van der Waals surface area contributed by atoms with E-state index >= 15 is 0 Å². The molecule has 2 nitrogen and oxygen atoms in total. The summed E-state index contributed by atoms with van der Waals surface area (Å²) < 4.78 is 4.90. The lowest BCUT2D eigenvalue weighted by Crippen LogP contribution is -2.74. The first-order chi connectivity index (χ1) is 34.7. The number of hydrogen-bond acceptors (Lipinski definition) is 0. The fourth-order valence-corrected chi connectivity index (χ4v) is 17.1. The molecule has 0 bridgehead atoms. The largest absolute Gasteiger partial charge is 0.309 e. The third-order valence-electron chi connectivity index (χ3n) is 16.2. The highest BCUT2D eigenvalue weighted by atomic mass is 28.3. The van der Waals surface area contributed by atoms with Crippen molar-refractivity contribution in [1.29, 1.82) is 0 Å². The minimum Gasteiger partial charge on any atom is -0.309 e. The van der Waals surface area contributed by atoms with Crippen molar-refractivity contribution in [1.82, 2.24) is 9.13 Å². The van der Waals surface area contributed by atoms with Gasteiger partial charge < -0.3 is 9.13 Å². The molecule has 0 amide bonds. The number of nitrogens with zero attached hydrogens (tertiary/aromatic N) is 2. The maximum absolute atomic E-state index is 2.80. The third-order valence-corrected chi connectivity index (χ3v) is 20.9. The highest BCUT2D eigenvalue weighted by Gasteiger charge is 2.44. The summed E-state index contributed by atoms with van der Waals surface area (Å²) in [7, 11) is -2.80. The molecule has 13 rings (SSSR count).